The minimum atomic E-state index is -4.09. The largest absolute Gasteiger partial charge is 0.244 e. The van der Waals surface area contributed by atoms with E-state index in [1.54, 1.807) is 6.92 Å². The molecule has 0 bridgehead atoms. The van der Waals surface area contributed by atoms with Gasteiger partial charge < -0.3 is 0 Å². The molecule has 2 N–H and O–H groups in total. The van der Waals surface area contributed by atoms with Crippen molar-refractivity contribution in [3.05, 3.63) is 24.3 Å². The molecule has 0 amide bonds. The number of rotatable bonds is 5. The van der Waals surface area contributed by atoms with Gasteiger partial charge in [0, 0.05) is 13.1 Å². The van der Waals surface area contributed by atoms with Crippen LogP contribution < -0.4 is 5.14 Å². The molecule has 1 aromatic rings. The molecule has 0 heterocycles. The lowest BCUT2D eigenvalue weighted by Crippen LogP contribution is -2.35. The van der Waals surface area contributed by atoms with Gasteiger partial charge in [0.15, 0.2) is 0 Å². The van der Waals surface area contributed by atoms with E-state index in [0.717, 1.165) is 4.31 Å². The Morgan fingerprint density at radius 3 is 2.05 bits per heavy atom. The van der Waals surface area contributed by atoms with E-state index in [4.69, 9.17) is 5.14 Å². The fourth-order valence-corrected chi connectivity index (χ4v) is 4.33. The van der Waals surface area contributed by atoms with Crippen molar-refractivity contribution < 1.29 is 16.8 Å². The van der Waals surface area contributed by atoms with Crippen LogP contribution in [0.25, 0.3) is 0 Å². The average molecular weight is 306 g/mol. The molecule has 1 aromatic carbocycles. The second kappa shape index (κ2) is 5.58. The van der Waals surface area contributed by atoms with Crippen molar-refractivity contribution >= 4 is 20.0 Å². The maximum Gasteiger partial charge on any atom is 0.244 e. The average Bonchev–Trinajstić information content (AvgIpc) is 2.35. The first kappa shape index (κ1) is 16.1. The number of hydrogen-bond acceptors (Lipinski definition) is 4. The smallest absolute Gasteiger partial charge is 0.225 e. The lowest BCUT2D eigenvalue weighted by Gasteiger charge is -2.24. The van der Waals surface area contributed by atoms with Gasteiger partial charge in [-0.1, -0.05) is 19.1 Å². The van der Waals surface area contributed by atoms with Crippen molar-refractivity contribution in [2.24, 2.45) is 5.14 Å². The highest BCUT2D eigenvalue weighted by molar-refractivity contribution is 7.92. The van der Waals surface area contributed by atoms with Crippen LogP contribution in [0, 0.1) is 0 Å². The molecular weight excluding hydrogens is 288 g/mol. The normalized spacial score (nSPS) is 14.6. The molecule has 0 aliphatic carbocycles. The SMILES string of the molecule is CCC(C)N(C)S(=O)(=O)c1ccccc1S(N)(=O)=O. The Bertz CT molecular complexity index is 653. The fraction of sp³-hybridized carbons (Fsp3) is 0.455. The molecule has 19 heavy (non-hydrogen) atoms. The molecule has 1 unspecified atom stereocenters. The third kappa shape index (κ3) is 3.33. The maximum absolute atomic E-state index is 12.4. The van der Waals surface area contributed by atoms with Crippen LogP contribution in [0.4, 0.5) is 0 Å². The van der Waals surface area contributed by atoms with Gasteiger partial charge in [-0.25, -0.2) is 22.0 Å². The number of sulfonamides is 2. The summed E-state index contributed by atoms with van der Waals surface area (Å²) < 4.78 is 48.9. The van der Waals surface area contributed by atoms with E-state index in [9.17, 15) is 16.8 Å². The van der Waals surface area contributed by atoms with Gasteiger partial charge in [0.25, 0.3) is 0 Å². The van der Waals surface area contributed by atoms with Crippen molar-refractivity contribution in [3.8, 4) is 0 Å². The summed E-state index contributed by atoms with van der Waals surface area (Å²) in [5.74, 6) is 0. The summed E-state index contributed by atoms with van der Waals surface area (Å²) in [5, 5.41) is 5.05. The minimum absolute atomic E-state index is 0.237. The van der Waals surface area contributed by atoms with Crippen molar-refractivity contribution in [1.82, 2.24) is 4.31 Å². The standard InChI is InChI=1S/C11H18N2O4S2/c1-4-9(2)13(3)19(16,17)11-8-6-5-7-10(11)18(12,14)15/h5-9H,4H2,1-3H3,(H2,12,14,15). The number of nitrogens with two attached hydrogens (primary N) is 1. The third-order valence-electron chi connectivity index (χ3n) is 3.02. The summed E-state index contributed by atoms with van der Waals surface area (Å²) in [4.78, 5) is -0.676. The third-order valence-corrected chi connectivity index (χ3v) is 6.15. The van der Waals surface area contributed by atoms with Gasteiger partial charge >= 0.3 is 0 Å². The van der Waals surface area contributed by atoms with Gasteiger partial charge in [-0.15, -0.1) is 0 Å². The quantitative estimate of drug-likeness (QED) is 0.868. The number of benzene rings is 1. The van der Waals surface area contributed by atoms with Crippen LogP contribution in [0.15, 0.2) is 34.1 Å². The van der Waals surface area contributed by atoms with Crippen LogP contribution in [0.1, 0.15) is 20.3 Å². The van der Waals surface area contributed by atoms with Crippen molar-refractivity contribution in [2.75, 3.05) is 7.05 Å². The highest BCUT2D eigenvalue weighted by atomic mass is 32.2. The Kier molecular flexibility index (Phi) is 4.72. The van der Waals surface area contributed by atoms with Crippen LogP contribution in [0.3, 0.4) is 0 Å². The number of hydrogen-bond donors (Lipinski definition) is 1. The van der Waals surface area contributed by atoms with Gasteiger partial charge in [-0.05, 0) is 25.5 Å². The first-order valence-electron chi connectivity index (χ1n) is 5.72. The van der Waals surface area contributed by atoms with Gasteiger partial charge in [-0.3, -0.25) is 0 Å². The van der Waals surface area contributed by atoms with E-state index in [0.29, 0.717) is 6.42 Å². The van der Waals surface area contributed by atoms with Crippen molar-refractivity contribution in [2.45, 2.75) is 36.1 Å². The van der Waals surface area contributed by atoms with Crippen molar-refractivity contribution in [1.29, 1.82) is 0 Å². The zero-order valence-corrected chi connectivity index (χ0v) is 12.7. The van der Waals surface area contributed by atoms with E-state index in [2.05, 4.69) is 0 Å². The summed E-state index contributed by atoms with van der Waals surface area (Å²) in [6.07, 6.45) is 0.618. The molecule has 0 spiro atoms. The van der Waals surface area contributed by atoms with Crippen molar-refractivity contribution in [3.63, 3.8) is 0 Å². The Labute approximate surface area is 114 Å². The Morgan fingerprint density at radius 1 is 1.16 bits per heavy atom. The lowest BCUT2D eigenvalue weighted by molar-refractivity contribution is 0.379. The van der Waals surface area contributed by atoms with E-state index >= 15 is 0 Å². The Hall–Kier alpha value is -0.960. The van der Waals surface area contributed by atoms with E-state index < -0.39 is 20.0 Å². The van der Waals surface area contributed by atoms with Gasteiger partial charge in [0.1, 0.15) is 9.79 Å². The maximum atomic E-state index is 12.4. The summed E-state index contributed by atoms with van der Waals surface area (Å²) in [7, 11) is -6.56. The molecule has 0 saturated carbocycles. The molecule has 0 fully saturated rings. The second-order valence-corrected chi connectivity index (χ2v) is 7.77. The molecule has 6 nitrogen and oxygen atoms in total. The van der Waals surface area contributed by atoms with Gasteiger partial charge in [-0.2, -0.15) is 4.31 Å². The molecule has 8 heteroatoms. The van der Waals surface area contributed by atoms with Crippen LogP contribution in [-0.4, -0.2) is 34.2 Å². The molecule has 0 aliphatic rings. The van der Waals surface area contributed by atoms with E-state index in [1.807, 2.05) is 6.92 Å². The molecule has 108 valence electrons. The van der Waals surface area contributed by atoms with Crippen LogP contribution in [0.2, 0.25) is 0 Å². The lowest BCUT2D eigenvalue weighted by atomic mass is 10.3. The molecule has 1 rings (SSSR count). The molecule has 1 atom stereocenters. The van der Waals surface area contributed by atoms with Crippen LogP contribution in [0.5, 0.6) is 0 Å². The summed E-state index contributed by atoms with van der Waals surface area (Å²) in [6.45, 7) is 3.60. The van der Waals surface area contributed by atoms with Crippen LogP contribution in [-0.2, 0) is 20.0 Å². The molecule has 0 aromatic heterocycles. The zero-order chi connectivity index (χ0) is 14.8. The number of primary sulfonamides is 1. The van der Waals surface area contributed by atoms with Crippen LogP contribution >= 0.6 is 0 Å². The number of nitrogens with zero attached hydrogens (tertiary/aromatic N) is 1. The molecular formula is C11H18N2O4S2. The highest BCUT2D eigenvalue weighted by Gasteiger charge is 2.29. The van der Waals surface area contributed by atoms with Gasteiger partial charge in [0.05, 0.1) is 0 Å². The fourth-order valence-electron chi connectivity index (χ4n) is 1.55. The second-order valence-electron chi connectivity index (χ2n) is 4.27. The summed E-state index contributed by atoms with van der Waals surface area (Å²) in [6, 6.07) is 5.09. The minimum Gasteiger partial charge on any atom is -0.225 e. The summed E-state index contributed by atoms with van der Waals surface area (Å²) in [5.41, 5.74) is 0. The Balaban J connectivity index is 3.47. The molecule has 0 radical (unpaired) electrons. The first-order valence-corrected chi connectivity index (χ1v) is 8.71. The predicted octanol–water partition coefficient (Wildman–Crippen LogP) is 0.753. The molecule has 0 saturated heterocycles. The first-order chi connectivity index (χ1) is 8.62. The highest BCUT2D eigenvalue weighted by Crippen LogP contribution is 2.24. The monoisotopic (exact) mass is 306 g/mol. The van der Waals surface area contributed by atoms with Gasteiger partial charge in [0.2, 0.25) is 20.0 Å². The predicted molar refractivity (Wildman–Crippen MR) is 72.5 cm³/mol. The molecule has 0 aliphatic heterocycles. The Morgan fingerprint density at radius 2 is 1.63 bits per heavy atom. The van der Waals surface area contributed by atoms with E-state index in [1.165, 1.54) is 31.3 Å². The van der Waals surface area contributed by atoms with E-state index in [-0.39, 0.29) is 15.8 Å². The summed E-state index contributed by atoms with van der Waals surface area (Å²) >= 11 is 0. The topological polar surface area (TPSA) is 97.5 Å². The zero-order valence-electron chi connectivity index (χ0n) is 11.1.